The second-order valence-corrected chi connectivity index (χ2v) is 5.85. The molecular formula is C18H29N3O4. The fraction of sp³-hybridized carbons (Fsp3) is 0.611. The van der Waals surface area contributed by atoms with Crippen molar-refractivity contribution in [1.29, 1.82) is 0 Å². The highest BCUT2D eigenvalue weighted by atomic mass is 16.5. The zero-order valence-corrected chi connectivity index (χ0v) is 16.1. The lowest BCUT2D eigenvalue weighted by Gasteiger charge is -2.21. The van der Waals surface area contributed by atoms with E-state index in [0.29, 0.717) is 36.5 Å². The monoisotopic (exact) mass is 351 g/mol. The minimum atomic E-state index is -0.462. The van der Waals surface area contributed by atoms with Crippen LogP contribution in [0.2, 0.25) is 0 Å². The summed E-state index contributed by atoms with van der Waals surface area (Å²) in [5.74, 6) is -0.636. The quantitative estimate of drug-likeness (QED) is 0.576. The Morgan fingerprint density at radius 2 is 1.80 bits per heavy atom. The molecule has 1 aromatic heterocycles. The molecule has 2 amide bonds. The van der Waals surface area contributed by atoms with Crippen molar-refractivity contribution in [3.63, 3.8) is 0 Å². The third kappa shape index (κ3) is 4.41. The van der Waals surface area contributed by atoms with E-state index >= 15 is 0 Å². The highest BCUT2D eigenvalue weighted by Gasteiger charge is 2.27. The Balaban J connectivity index is 3.22. The molecule has 0 atom stereocenters. The van der Waals surface area contributed by atoms with Gasteiger partial charge < -0.3 is 19.5 Å². The van der Waals surface area contributed by atoms with Crippen LogP contribution >= 0.6 is 0 Å². The van der Waals surface area contributed by atoms with Crippen molar-refractivity contribution in [3.8, 4) is 0 Å². The summed E-state index contributed by atoms with van der Waals surface area (Å²) in [6.07, 6.45) is 0.756. The predicted octanol–water partition coefficient (Wildman–Crippen LogP) is 2.54. The van der Waals surface area contributed by atoms with Crippen LogP contribution in [0.3, 0.4) is 0 Å². The van der Waals surface area contributed by atoms with Crippen molar-refractivity contribution in [1.82, 2.24) is 14.8 Å². The van der Waals surface area contributed by atoms with E-state index in [9.17, 15) is 14.4 Å². The van der Waals surface area contributed by atoms with Crippen LogP contribution in [0, 0.1) is 13.8 Å². The number of amides is 2. The Labute approximate surface area is 149 Å². The lowest BCUT2D eigenvalue weighted by molar-refractivity contribution is 0.0587. The van der Waals surface area contributed by atoms with E-state index in [4.69, 9.17) is 4.74 Å². The van der Waals surface area contributed by atoms with Crippen molar-refractivity contribution in [2.75, 3.05) is 26.7 Å². The molecule has 1 aromatic rings. The number of nitrogens with one attached hydrogen (secondary N) is 1. The third-order valence-corrected chi connectivity index (χ3v) is 4.18. The molecule has 1 heterocycles. The lowest BCUT2D eigenvalue weighted by atomic mass is 10.1. The third-order valence-electron chi connectivity index (χ3n) is 4.18. The number of carbonyl (C=O) groups is 3. The normalized spacial score (nSPS) is 10.5. The Morgan fingerprint density at radius 3 is 2.28 bits per heavy atom. The number of aromatic nitrogens is 1. The van der Waals surface area contributed by atoms with Crippen LogP contribution in [0.25, 0.3) is 0 Å². The molecule has 0 spiro atoms. The number of nitrogens with zero attached hydrogens (tertiary/aromatic N) is 2. The van der Waals surface area contributed by atoms with Gasteiger partial charge in [0.25, 0.3) is 0 Å². The molecule has 0 aliphatic heterocycles. The Bertz CT molecular complexity index is 649. The molecule has 1 N–H and O–H groups in total. The Kier molecular flexibility index (Phi) is 7.67. The number of ether oxygens (including phenoxy) is 1. The number of ketones is 1. The number of esters is 1. The molecule has 0 saturated heterocycles. The van der Waals surface area contributed by atoms with Gasteiger partial charge in [0.15, 0.2) is 5.78 Å². The maximum atomic E-state index is 12.9. The van der Waals surface area contributed by atoms with E-state index in [1.165, 1.54) is 12.0 Å². The summed E-state index contributed by atoms with van der Waals surface area (Å²) in [6.45, 7) is 10.8. The van der Waals surface area contributed by atoms with Gasteiger partial charge in [-0.1, -0.05) is 6.92 Å². The Hall–Kier alpha value is -2.31. The van der Waals surface area contributed by atoms with Crippen molar-refractivity contribution in [2.24, 2.45) is 0 Å². The van der Waals surface area contributed by atoms with Crippen molar-refractivity contribution < 1.29 is 19.1 Å². The molecule has 7 nitrogen and oxygen atoms in total. The van der Waals surface area contributed by atoms with Crippen LogP contribution < -0.4 is 5.32 Å². The first kappa shape index (κ1) is 20.7. The maximum absolute atomic E-state index is 12.9. The summed E-state index contributed by atoms with van der Waals surface area (Å²) < 4.78 is 6.63. The van der Waals surface area contributed by atoms with Crippen LogP contribution in [0.4, 0.5) is 4.79 Å². The van der Waals surface area contributed by atoms with Crippen molar-refractivity contribution in [3.05, 3.63) is 22.5 Å². The largest absolute Gasteiger partial charge is 0.464 e. The van der Waals surface area contributed by atoms with E-state index in [1.54, 1.807) is 11.5 Å². The molecule has 0 aliphatic rings. The first-order valence-electron chi connectivity index (χ1n) is 8.67. The summed E-state index contributed by atoms with van der Waals surface area (Å²) in [5, 5.41) is 2.73. The van der Waals surface area contributed by atoms with Gasteiger partial charge in [-0.05, 0) is 39.7 Å². The average molecular weight is 351 g/mol. The minimum absolute atomic E-state index is 0.0182. The summed E-state index contributed by atoms with van der Waals surface area (Å²) >= 11 is 0. The number of rotatable bonds is 8. The highest BCUT2D eigenvalue weighted by molar-refractivity contribution is 6.04. The molecule has 25 heavy (non-hydrogen) atoms. The fourth-order valence-electron chi connectivity index (χ4n) is 3.10. The summed E-state index contributed by atoms with van der Waals surface area (Å²) in [6, 6.07) is -0.254. The number of carbonyl (C=O) groups excluding carboxylic acids is 3. The molecule has 1 rings (SSSR count). The molecule has 0 aromatic carbocycles. The van der Waals surface area contributed by atoms with Crippen molar-refractivity contribution >= 4 is 17.8 Å². The van der Waals surface area contributed by atoms with Crippen LogP contribution in [-0.4, -0.2) is 54.0 Å². The first-order valence-corrected chi connectivity index (χ1v) is 8.67. The summed E-state index contributed by atoms with van der Waals surface area (Å²) in [4.78, 5) is 38.6. The standard InChI is InChI=1S/C18H29N3O4/c1-7-10-20(18(24)19-8-2)11-14(22)15-12(4)16(17(23)25-6)21(9-3)13(15)5/h7-11H2,1-6H3,(H,19,24). The van der Waals surface area contributed by atoms with Gasteiger partial charge in [-0.2, -0.15) is 0 Å². The van der Waals surface area contributed by atoms with Gasteiger partial charge in [0.1, 0.15) is 5.69 Å². The highest BCUT2D eigenvalue weighted by Crippen LogP contribution is 2.24. The van der Waals surface area contributed by atoms with Gasteiger partial charge in [0.05, 0.1) is 13.7 Å². The molecule has 0 bridgehead atoms. The number of urea groups is 1. The molecule has 0 radical (unpaired) electrons. The van der Waals surface area contributed by atoms with E-state index in [2.05, 4.69) is 5.32 Å². The van der Waals surface area contributed by atoms with Gasteiger partial charge in [-0.3, -0.25) is 4.79 Å². The molecule has 140 valence electrons. The molecule has 0 fully saturated rings. The number of Topliss-reactive ketones (excluding diaryl/α,β-unsaturated/α-hetero) is 1. The smallest absolute Gasteiger partial charge is 0.354 e. The zero-order valence-electron chi connectivity index (χ0n) is 16.1. The maximum Gasteiger partial charge on any atom is 0.354 e. The fourth-order valence-corrected chi connectivity index (χ4v) is 3.10. The summed E-state index contributed by atoms with van der Waals surface area (Å²) in [7, 11) is 1.32. The van der Waals surface area contributed by atoms with Crippen LogP contribution in [0.1, 0.15) is 59.3 Å². The number of hydrogen-bond donors (Lipinski definition) is 1. The van der Waals surface area contributed by atoms with Gasteiger partial charge in [0.2, 0.25) is 0 Å². The predicted molar refractivity (Wildman–Crippen MR) is 96.2 cm³/mol. The Morgan fingerprint density at radius 1 is 1.16 bits per heavy atom. The zero-order chi connectivity index (χ0) is 19.1. The molecule has 0 aliphatic carbocycles. The van der Waals surface area contributed by atoms with Crippen molar-refractivity contribution in [2.45, 2.75) is 47.6 Å². The average Bonchev–Trinajstić information content (AvgIpc) is 2.83. The van der Waals surface area contributed by atoms with E-state index < -0.39 is 5.97 Å². The lowest BCUT2D eigenvalue weighted by Crippen LogP contribution is -2.43. The van der Waals surface area contributed by atoms with Gasteiger partial charge in [-0.15, -0.1) is 0 Å². The first-order chi connectivity index (χ1) is 11.8. The summed E-state index contributed by atoms with van der Waals surface area (Å²) in [5.41, 5.74) is 2.21. The van der Waals surface area contributed by atoms with Crippen LogP contribution in [0.5, 0.6) is 0 Å². The van der Waals surface area contributed by atoms with E-state index in [1.807, 2.05) is 27.7 Å². The van der Waals surface area contributed by atoms with Crippen LogP contribution in [-0.2, 0) is 11.3 Å². The number of methoxy groups -OCH3 is 1. The van der Waals surface area contributed by atoms with Gasteiger partial charge >= 0.3 is 12.0 Å². The van der Waals surface area contributed by atoms with Gasteiger partial charge in [0, 0.05) is 30.9 Å². The number of hydrogen-bond acceptors (Lipinski definition) is 4. The molecule has 7 heteroatoms. The second-order valence-electron chi connectivity index (χ2n) is 5.85. The second kappa shape index (κ2) is 9.25. The molecule has 0 unspecified atom stereocenters. The molecular weight excluding hydrogens is 322 g/mol. The topological polar surface area (TPSA) is 80.6 Å². The minimum Gasteiger partial charge on any atom is -0.464 e. The van der Waals surface area contributed by atoms with Crippen LogP contribution in [0.15, 0.2) is 0 Å². The molecule has 0 saturated carbocycles. The van der Waals surface area contributed by atoms with E-state index in [0.717, 1.165) is 12.1 Å². The van der Waals surface area contributed by atoms with E-state index in [-0.39, 0.29) is 18.4 Å². The SMILES string of the molecule is CCCN(CC(=O)c1c(C)c(C(=O)OC)n(CC)c1C)C(=O)NCC. The van der Waals surface area contributed by atoms with Gasteiger partial charge in [-0.25, -0.2) is 9.59 Å².